The van der Waals surface area contributed by atoms with Crippen LogP contribution in [-0.2, 0) is 0 Å². The van der Waals surface area contributed by atoms with Crippen LogP contribution >= 0.6 is 15.9 Å². The lowest BCUT2D eigenvalue weighted by molar-refractivity contribution is 0.0950. The number of nitrogens with one attached hydrogen (secondary N) is 1. The fourth-order valence-corrected chi connectivity index (χ4v) is 1.92. The Morgan fingerprint density at radius 2 is 2.06 bits per heavy atom. The summed E-state index contributed by atoms with van der Waals surface area (Å²) in [6.07, 6.45) is 3.27. The van der Waals surface area contributed by atoms with E-state index in [1.54, 1.807) is 19.2 Å². The van der Waals surface area contributed by atoms with Crippen LogP contribution in [0.4, 0.5) is 0 Å². The number of unbranched alkanes of at least 4 members (excludes halogenated alkanes) is 2. The molecule has 3 nitrogen and oxygen atoms in total. The zero-order valence-electron chi connectivity index (χ0n) is 10.0. The molecule has 0 saturated heterocycles. The van der Waals surface area contributed by atoms with Gasteiger partial charge >= 0.3 is 0 Å². The molecule has 0 aliphatic heterocycles. The molecule has 0 aliphatic carbocycles. The van der Waals surface area contributed by atoms with Crippen molar-refractivity contribution in [3.63, 3.8) is 0 Å². The molecule has 0 aromatic heterocycles. The molecule has 0 saturated carbocycles. The highest BCUT2D eigenvalue weighted by molar-refractivity contribution is 9.09. The van der Waals surface area contributed by atoms with Crippen molar-refractivity contribution < 1.29 is 9.53 Å². The van der Waals surface area contributed by atoms with Crippen LogP contribution in [0.2, 0.25) is 0 Å². The number of ether oxygens (including phenoxy) is 1. The highest BCUT2D eigenvalue weighted by atomic mass is 79.9. The number of alkyl halides is 1. The molecule has 1 N–H and O–H groups in total. The molecule has 0 atom stereocenters. The van der Waals surface area contributed by atoms with E-state index < -0.39 is 0 Å². The van der Waals surface area contributed by atoms with Gasteiger partial charge in [0.2, 0.25) is 0 Å². The van der Waals surface area contributed by atoms with E-state index in [2.05, 4.69) is 21.2 Å². The maximum absolute atomic E-state index is 11.9. The van der Waals surface area contributed by atoms with Crippen LogP contribution in [0.5, 0.6) is 5.75 Å². The molecule has 17 heavy (non-hydrogen) atoms. The predicted molar refractivity (Wildman–Crippen MR) is 73.0 cm³/mol. The third-order valence-corrected chi connectivity index (χ3v) is 3.01. The first-order chi connectivity index (χ1) is 8.29. The highest BCUT2D eigenvalue weighted by Crippen LogP contribution is 2.16. The van der Waals surface area contributed by atoms with Crippen LogP contribution in [0.1, 0.15) is 29.6 Å². The third kappa shape index (κ3) is 4.77. The first-order valence-corrected chi connectivity index (χ1v) is 6.89. The lowest BCUT2D eigenvalue weighted by Crippen LogP contribution is -2.24. The number of hydrogen-bond donors (Lipinski definition) is 1. The standard InChI is InChI=1S/C13H18BrNO2/c1-17-12-8-4-3-7-11(12)13(16)15-10-6-2-5-9-14/h3-4,7-8H,2,5-6,9-10H2,1H3,(H,15,16). The summed E-state index contributed by atoms with van der Waals surface area (Å²) in [4.78, 5) is 11.9. The monoisotopic (exact) mass is 299 g/mol. The van der Waals surface area contributed by atoms with E-state index in [1.807, 2.05) is 12.1 Å². The quantitative estimate of drug-likeness (QED) is 0.621. The number of carbonyl (C=O) groups is 1. The van der Waals surface area contributed by atoms with Gasteiger partial charge in [0.1, 0.15) is 5.75 Å². The Balaban J connectivity index is 2.41. The summed E-state index contributed by atoms with van der Waals surface area (Å²) < 4.78 is 5.14. The number of methoxy groups -OCH3 is 1. The number of carbonyl (C=O) groups excluding carboxylic acids is 1. The summed E-state index contributed by atoms with van der Waals surface area (Å²) in [7, 11) is 1.57. The molecule has 1 rings (SSSR count). The van der Waals surface area contributed by atoms with Crippen molar-refractivity contribution in [1.82, 2.24) is 5.32 Å². The van der Waals surface area contributed by atoms with Gasteiger partial charge in [-0.1, -0.05) is 34.5 Å². The van der Waals surface area contributed by atoms with Crippen LogP contribution in [0, 0.1) is 0 Å². The van der Waals surface area contributed by atoms with Crippen LogP contribution in [0.3, 0.4) is 0 Å². The minimum absolute atomic E-state index is 0.0682. The third-order valence-electron chi connectivity index (χ3n) is 2.45. The molecule has 1 aromatic rings. The molecular formula is C13H18BrNO2. The van der Waals surface area contributed by atoms with Crippen molar-refractivity contribution in [3.05, 3.63) is 29.8 Å². The van der Waals surface area contributed by atoms with E-state index in [1.165, 1.54) is 0 Å². The van der Waals surface area contributed by atoms with Gasteiger partial charge in [-0.25, -0.2) is 0 Å². The van der Waals surface area contributed by atoms with Gasteiger partial charge in [0, 0.05) is 11.9 Å². The van der Waals surface area contributed by atoms with Gasteiger partial charge in [-0.3, -0.25) is 4.79 Å². The second kappa shape index (κ2) is 8.12. The number of halogens is 1. The van der Waals surface area contributed by atoms with Crippen LogP contribution < -0.4 is 10.1 Å². The SMILES string of the molecule is COc1ccccc1C(=O)NCCCCCBr. The lowest BCUT2D eigenvalue weighted by atomic mass is 10.2. The minimum atomic E-state index is -0.0682. The van der Waals surface area contributed by atoms with Crippen molar-refractivity contribution in [1.29, 1.82) is 0 Å². The van der Waals surface area contributed by atoms with Gasteiger partial charge in [0.05, 0.1) is 12.7 Å². The van der Waals surface area contributed by atoms with E-state index in [-0.39, 0.29) is 5.91 Å². The van der Waals surface area contributed by atoms with Crippen molar-refractivity contribution in [3.8, 4) is 5.75 Å². The molecular weight excluding hydrogens is 282 g/mol. The normalized spacial score (nSPS) is 10.0. The second-order valence-corrected chi connectivity index (χ2v) is 4.50. The number of benzene rings is 1. The summed E-state index contributed by atoms with van der Waals surface area (Å²) >= 11 is 3.38. The molecule has 0 unspecified atom stereocenters. The smallest absolute Gasteiger partial charge is 0.255 e. The molecule has 0 radical (unpaired) electrons. The minimum Gasteiger partial charge on any atom is -0.496 e. The maximum Gasteiger partial charge on any atom is 0.255 e. The zero-order valence-corrected chi connectivity index (χ0v) is 11.6. The highest BCUT2D eigenvalue weighted by Gasteiger charge is 2.09. The zero-order chi connectivity index (χ0) is 12.5. The fraction of sp³-hybridized carbons (Fsp3) is 0.462. The molecule has 4 heteroatoms. The van der Waals surface area contributed by atoms with Crippen molar-refractivity contribution >= 4 is 21.8 Å². The summed E-state index contributed by atoms with van der Waals surface area (Å²) in [5.41, 5.74) is 0.593. The van der Waals surface area contributed by atoms with E-state index in [4.69, 9.17) is 4.74 Å². The summed E-state index contributed by atoms with van der Waals surface area (Å²) in [6, 6.07) is 7.25. The van der Waals surface area contributed by atoms with Gasteiger partial charge in [-0.05, 0) is 25.0 Å². The average Bonchev–Trinajstić information content (AvgIpc) is 2.38. The predicted octanol–water partition coefficient (Wildman–Crippen LogP) is 2.99. The Kier molecular flexibility index (Phi) is 6.70. The summed E-state index contributed by atoms with van der Waals surface area (Å²) in [6.45, 7) is 0.712. The van der Waals surface area contributed by atoms with E-state index in [0.717, 1.165) is 24.6 Å². The second-order valence-electron chi connectivity index (χ2n) is 3.71. The topological polar surface area (TPSA) is 38.3 Å². The summed E-state index contributed by atoms with van der Waals surface area (Å²) in [5, 5.41) is 3.92. The molecule has 0 heterocycles. The number of amides is 1. The Labute approximate surface area is 111 Å². The first-order valence-electron chi connectivity index (χ1n) is 5.76. The van der Waals surface area contributed by atoms with E-state index >= 15 is 0 Å². The van der Waals surface area contributed by atoms with Crippen LogP contribution in [0.25, 0.3) is 0 Å². The van der Waals surface area contributed by atoms with Gasteiger partial charge in [-0.15, -0.1) is 0 Å². The molecule has 1 aromatic carbocycles. The number of rotatable bonds is 7. The molecule has 94 valence electrons. The average molecular weight is 300 g/mol. The molecule has 0 aliphatic rings. The van der Waals surface area contributed by atoms with E-state index in [9.17, 15) is 4.79 Å². The first kappa shape index (κ1) is 14.0. The summed E-state index contributed by atoms with van der Waals surface area (Å²) in [5.74, 6) is 0.548. The Morgan fingerprint density at radius 1 is 1.29 bits per heavy atom. The van der Waals surface area contributed by atoms with Gasteiger partial charge in [0.25, 0.3) is 5.91 Å². The Morgan fingerprint density at radius 3 is 2.76 bits per heavy atom. The van der Waals surface area contributed by atoms with E-state index in [0.29, 0.717) is 17.9 Å². The van der Waals surface area contributed by atoms with Gasteiger partial charge in [-0.2, -0.15) is 0 Å². The van der Waals surface area contributed by atoms with Crippen molar-refractivity contribution in [2.24, 2.45) is 0 Å². The molecule has 0 fully saturated rings. The molecule has 1 amide bonds. The van der Waals surface area contributed by atoms with Gasteiger partial charge in [0.15, 0.2) is 0 Å². The maximum atomic E-state index is 11.9. The van der Waals surface area contributed by atoms with Crippen LogP contribution in [0.15, 0.2) is 24.3 Å². The largest absolute Gasteiger partial charge is 0.496 e. The van der Waals surface area contributed by atoms with Crippen molar-refractivity contribution in [2.45, 2.75) is 19.3 Å². The molecule has 0 spiro atoms. The lowest BCUT2D eigenvalue weighted by Gasteiger charge is -2.08. The van der Waals surface area contributed by atoms with Crippen molar-refractivity contribution in [2.75, 3.05) is 19.0 Å². The fourth-order valence-electron chi connectivity index (χ4n) is 1.53. The Hall–Kier alpha value is -1.03. The molecule has 0 bridgehead atoms. The van der Waals surface area contributed by atoms with Gasteiger partial charge < -0.3 is 10.1 Å². The van der Waals surface area contributed by atoms with Crippen LogP contribution in [-0.4, -0.2) is 24.9 Å². The number of hydrogen-bond acceptors (Lipinski definition) is 2. The Bertz CT molecular complexity index is 355. The number of para-hydroxylation sites is 1.